The van der Waals surface area contributed by atoms with Crippen molar-refractivity contribution in [2.75, 3.05) is 31.1 Å². The van der Waals surface area contributed by atoms with Crippen molar-refractivity contribution in [1.29, 1.82) is 0 Å². The number of rotatable bonds is 1. The highest BCUT2D eigenvalue weighted by molar-refractivity contribution is 9.12. The van der Waals surface area contributed by atoms with Gasteiger partial charge >= 0.3 is 6.09 Å². The molecule has 0 N–H and O–H groups in total. The number of nitrogens with zero attached hydrogens (tertiary/aromatic N) is 4. The van der Waals surface area contributed by atoms with Crippen LogP contribution in [0.4, 0.5) is 9.93 Å². The highest BCUT2D eigenvalue weighted by atomic mass is 79.9. The van der Waals surface area contributed by atoms with E-state index < -0.39 is 5.60 Å². The molecule has 1 amide bonds. The zero-order valence-corrected chi connectivity index (χ0v) is 20.9. The zero-order valence-electron chi connectivity index (χ0n) is 14.5. The van der Waals surface area contributed by atoms with Crippen molar-refractivity contribution in [3.8, 4) is 0 Å². The second-order valence-corrected chi connectivity index (χ2v) is 12.4. The number of carbonyl (C=O) groups excluding carboxylic acids is 1. The number of carbonyl (C=O) groups is 1. The predicted molar refractivity (Wildman–Crippen MR) is 117 cm³/mol. The molecule has 0 aliphatic carbocycles. The Labute approximate surface area is 186 Å². The minimum atomic E-state index is -0.436. The van der Waals surface area contributed by atoms with Gasteiger partial charge < -0.3 is 14.5 Å². The first-order chi connectivity index (χ1) is 12.1. The van der Waals surface area contributed by atoms with Gasteiger partial charge in [0.25, 0.3) is 0 Å². The van der Waals surface area contributed by atoms with E-state index in [4.69, 9.17) is 4.74 Å². The van der Waals surface area contributed by atoms with E-state index in [0.717, 1.165) is 29.7 Å². The largest absolute Gasteiger partial charge is 0.444 e. The molecule has 0 aromatic carbocycles. The van der Waals surface area contributed by atoms with Crippen LogP contribution < -0.4 is 4.90 Å². The molecule has 0 saturated carbocycles. The SMILES string of the molecule is Brc1cnc(Br)s1.CC(C)(C)OC(=O)N1CCN(c2ncc(Br)s2)CC1. The minimum absolute atomic E-state index is 0.229. The quantitative estimate of drug-likeness (QED) is 0.431. The third-order valence-corrected chi connectivity index (χ3v) is 6.61. The molecule has 0 atom stereocenters. The molecule has 0 radical (unpaired) electrons. The van der Waals surface area contributed by atoms with Gasteiger partial charge in [0.1, 0.15) is 5.60 Å². The van der Waals surface area contributed by atoms with Gasteiger partial charge in [0.05, 0.1) is 20.0 Å². The Balaban J connectivity index is 0.000000290. The lowest BCUT2D eigenvalue weighted by atomic mass is 10.2. The summed E-state index contributed by atoms with van der Waals surface area (Å²) in [6.07, 6.45) is 3.34. The summed E-state index contributed by atoms with van der Waals surface area (Å²) in [5, 5.41) is 0.996. The molecule has 3 heterocycles. The number of amides is 1. The van der Waals surface area contributed by atoms with Crippen LogP contribution in [0, 0.1) is 0 Å². The van der Waals surface area contributed by atoms with Gasteiger partial charge in [-0.25, -0.2) is 14.8 Å². The summed E-state index contributed by atoms with van der Waals surface area (Å²) in [6, 6.07) is 0. The predicted octanol–water partition coefficient (Wildman–Crippen LogP) is 5.63. The molecule has 0 unspecified atom stereocenters. The first-order valence-electron chi connectivity index (χ1n) is 7.75. The number of ether oxygens (including phenoxy) is 1. The maximum atomic E-state index is 11.9. The second-order valence-electron chi connectivity index (χ2n) is 6.32. The lowest BCUT2D eigenvalue weighted by Crippen LogP contribution is -2.50. The van der Waals surface area contributed by atoms with Gasteiger partial charge in [-0.2, -0.15) is 0 Å². The monoisotopic (exact) mass is 588 g/mol. The van der Waals surface area contributed by atoms with E-state index in [1.165, 1.54) is 0 Å². The van der Waals surface area contributed by atoms with Crippen LogP contribution in [0.2, 0.25) is 0 Å². The van der Waals surface area contributed by atoms with Crippen LogP contribution >= 0.6 is 70.5 Å². The van der Waals surface area contributed by atoms with Crippen molar-refractivity contribution < 1.29 is 9.53 Å². The van der Waals surface area contributed by atoms with Crippen LogP contribution in [-0.2, 0) is 4.74 Å². The van der Waals surface area contributed by atoms with Gasteiger partial charge in [-0.3, -0.25) is 0 Å². The van der Waals surface area contributed by atoms with Crippen LogP contribution in [0.1, 0.15) is 20.8 Å². The molecule has 1 saturated heterocycles. The van der Waals surface area contributed by atoms with Crippen molar-refractivity contribution in [1.82, 2.24) is 14.9 Å². The fourth-order valence-corrected chi connectivity index (χ4v) is 5.48. The zero-order chi connectivity index (χ0) is 19.3. The normalized spacial score (nSPS) is 14.7. The Morgan fingerprint density at radius 3 is 2.00 bits per heavy atom. The van der Waals surface area contributed by atoms with E-state index in [1.54, 1.807) is 40.0 Å². The number of piperazine rings is 1. The summed E-state index contributed by atoms with van der Waals surface area (Å²) >= 11 is 13.1. The van der Waals surface area contributed by atoms with Gasteiger partial charge in [-0.1, -0.05) is 11.3 Å². The van der Waals surface area contributed by atoms with Crippen molar-refractivity contribution in [2.24, 2.45) is 0 Å². The van der Waals surface area contributed by atoms with Gasteiger partial charge in [0.15, 0.2) is 9.05 Å². The number of aromatic nitrogens is 2. The lowest BCUT2D eigenvalue weighted by molar-refractivity contribution is 0.0240. The molecule has 2 aromatic rings. The van der Waals surface area contributed by atoms with Crippen LogP contribution in [0.3, 0.4) is 0 Å². The Morgan fingerprint density at radius 1 is 1.04 bits per heavy atom. The average molecular weight is 591 g/mol. The van der Waals surface area contributed by atoms with E-state index in [2.05, 4.69) is 62.7 Å². The molecular formula is C15H19Br3N4O2S2. The standard InChI is InChI=1S/C12H18BrN3O2S.C3HBr2NS/c1-12(2,3)18-11(17)16-6-4-15(5-7-16)10-14-8-9(13)19-10;4-2-1-6-3(5)7-2/h8H,4-7H2,1-3H3;1H. The van der Waals surface area contributed by atoms with Crippen LogP contribution in [-0.4, -0.2) is 52.7 Å². The van der Waals surface area contributed by atoms with Crippen molar-refractivity contribution in [2.45, 2.75) is 26.4 Å². The van der Waals surface area contributed by atoms with Crippen molar-refractivity contribution >= 4 is 81.7 Å². The number of thiazole rings is 2. The first kappa shape index (κ1) is 22.1. The number of hydrogen-bond donors (Lipinski definition) is 0. The van der Waals surface area contributed by atoms with Gasteiger partial charge in [0, 0.05) is 26.2 Å². The molecule has 1 aliphatic heterocycles. The third kappa shape index (κ3) is 7.41. The Morgan fingerprint density at radius 2 is 1.62 bits per heavy atom. The highest BCUT2D eigenvalue weighted by Gasteiger charge is 2.26. The number of halogens is 3. The van der Waals surface area contributed by atoms with Crippen LogP contribution in [0.15, 0.2) is 23.9 Å². The number of hydrogen-bond acceptors (Lipinski definition) is 7. The van der Waals surface area contributed by atoms with Crippen LogP contribution in [0.25, 0.3) is 0 Å². The Bertz CT molecular complexity index is 708. The summed E-state index contributed by atoms with van der Waals surface area (Å²) in [7, 11) is 0. The molecule has 6 nitrogen and oxygen atoms in total. The molecule has 3 rings (SSSR count). The van der Waals surface area contributed by atoms with E-state index in [9.17, 15) is 4.79 Å². The fraction of sp³-hybridized carbons (Fsp3) is 0.533. The maximum Gasteiger partial charge on any atom is 0.410 e. The minimum Gasteiger partial charge on any atom is -0.444 e. The molecule has 144 valence electrons. The van der Waals surface area contributed by atoms with E-state index in [-0.39, 0.29) is 6.09 Å². The summed E-state index contributed by atoms with van der Waals surface area (Å²) in [6.45, 7) is 8.58. The summed E-state index contributed by atoms with van der Waals surface area (Å²) < 4.78 is 8.37. The molecular weight excluding hydrogens is 572 g/mol. The number of anilines is 1. The average Bonchev–Trinajstić information content (AvgIpc) is 3.14. The molecule has 0 bridgehead atoms. The molecule has 26 heavy (non-hydrogen) atoms. The van der Waals surface area contributed by atoms with E-state index >= 15 is 0 Å². The third-order valence-electron chi connectivity index (χ3n) is 3.12. The second kappa shape index (κ2) is 9.81. The molecule has 11 heteroatoms. The van der Waals surface area contributed by atoms with Gasteiger partial charge in [0.2, 0.25) is 0 Å². The first-order valence-corrected chi connectivity index (χ1v) is 11.8. The van der Waals surface area contributed by atoms with Gasteiger partial charge in [-0.15, -0.1) is 11.3 Å². The smallest absolute Gasteiger partial charge is 0.410 e. The summed E-state index contributed by atoms with van der Waals surface area (Å²) in [5.74, 6) is 0. The highest BCUT2D eigenvalue weighted by Crippen LogP contribution is 2.27. The van der Waals surface area contributed by atoms with Crippen LogP contribution in [0.5, 0.6) is 0 Å². The Hall–Kier alpha value is -0.230. The summed E-state index contributed by atoms with van der Waals surface area (Å²) in [4.78, 5) is 24.1. The summed E-state index contributed by atoms with van der Waals surface area (Å²) in [5.41, 5.74) is -0.436. The topological polar surface area (TPSA) is 58.6 Å². The molecule has 2 aromatic heterocycles. The van der Waals surface area contributed by atoms with Crippen molar-refractivity contribution in [3.05, 3.63) is 23.9 Å². The maximum absolute atomic E-state index is 11.9. The lowest BCUT2D eigenvalue weighted by Gasteiger charge is -2.35. The van der Waals surface area contributed by atoms with E-state index in [0.29, 0.717) is 13.1 Å². The molecule has 0 spiro atoms. The van der Waals surface area contributed by atoms with E-state index in [1.807, 2.05) is 20.8 Å². The molecule has 1 aliphatic rings. The fourth-order valence-electron chi connectivity index (χ4n) is 2.03. The molecule has 1 fully saturated rings. The Kier molecular flexibility index (Phi) is 8.33. The van der Waals surface area contributed by atoms with Crippen molar-refractivity contribution in [3.63, 3.8) is 0 Å². The van der Waals surface area contributed by atoms with Gasteiger partial charge in [-0.05, 0) is 68.6 Å².